The summed E-state index contributed by atoms with van der Waals surface area (Å²) >= 11 is 0. The molecule has 3 heterocycles. The van der Waals surface area contributed by atoms with Crippen molar-refractivity contribution in [3.63, 3.8) is 0 Å². The van der Waals surface area contributed by atoms with Crippen molar-refractivity contribution in [1.82, 2.24) is 5.32 Å². The van der Waals surface area contributed by atoms with Gasteiger partial charge in [0.2, 0.25) is 0 Å². The van der Waals surface area contributed by atoms with Gasteiger partial charge in [0.25, 0.3) is 0 Å². The number of ketones is 1. The molecule has 2 bridgehead atoms. The number of benzene rings is 1. The predicted molar refractivity (Wildman–Crippen MR) is 63.3 cm³/mol. The molecule has 1 N–H and O–H groups in total. The van der Waals surface area contributed by atoms with Crippen LogP contribution in [-0.4, -0.2) is 23.5 Å². The zero-order valence-electron chi connectivity index (χ0n) is 9.61. The maximum absolute atomic E-state index is 12.2. The van der Waals surface area contributed by atoms with Gasteiger partial charge in [-0.25, -0.2) is 0 Å². The first-order chi connectivity index (χ1) is 8.27. The smallest absolute Gasteiger partial charge is 0.170 e. The normalized spacial score (nSPS) is 38.2. The number of hydrogen-bond donors (Lipinski definition) is 1. The van der Waals surface area contributed by atoms with E-state index >= 15 is 0 Å². The van der Waals surface area contributed by atoms with Gasteiger partial charge in [0, 0.05) is 18.5 Å². The van der Waals surface area contributed by atoms with Crippen LogP contribution in [0.25, 0.3) is 0 Å². The van der Waals surface area contributed by atoms with Crippen molar-refractivity contribution in [1.29, 1.82) is 0 Å². The number of hydrogen-bond acceptors (Lipinski definition) is 3. The van der Waals surface area contributed by atoms with Crippen molar-refractivity contribution < 1.29 is 9.53 Å². The first-order valence-electron chi connectivity index (χ1n) is 6.34. The fraction of sp³-hybridized carbons (Fsp3) is 0.500. The van der Waals surface area contributed by atoms with Gasteiger partial charge >= 0.3 is 0 Å². The van der Waals surface area contributed by atoms with Crippen LogP contribution in [0.15, 0.2) is 24.3 Å². The Morgan fingerprint density at radius 2 is 2.18 bits per heavy atom. The van der Waals surface area contributed by atoms with E-state index in [4.69, 9.17) is 4.74 Å². The highest BCUT2D eigenvalue weighted by Gasteiger charge is 2.55. The first-order valence-corrected chi connectivity index (χ1v) is 6.34. The van der Waals surface area contributed by atoms with Gasteiger partial charge < -0.3 is 10.1 Å². The Bertz CT molecular complexity index is 499. The summed E-state index contributed by atoms with van der Waals surface area (Å²) in [5.74, 6) is 1.01. The Morgan fingerprint density at radius 3 is 2.94 bits per heavy atom. The SMILES string of the molecule is O=C1C[C@@]2(C[C@H]3CC[C@H]2N3)Oc2ccccc21. The molecule has 3 aliphatic rings. The van der Waals surface area contributed by atoms with E-state index < -0.39 is 0 Å². The van der Waals surface area contributed by atoms with Crippen molar-refractivity contribution in [3.8, 4) is 5.75 Å². The van der Waals surface area contributed by atoms with Crippen LogP contribution in [0, 0.1) is 0 Å². The van der Waals surface area contributed by atoms with E-state index in [2.05, 4.69) is 5.32 Å². The molecule has 0 saturated carbocycles. The highest BCUT2D eigenvalue weighted by atomic mass is 16.5. The number of para-hydroxylation sites is 1. The highest BCUT2D eigenvalue weighted by molar-refractivity contribution is 6.00. The third-order valence-electron chi connectivity index (χ3n) is 4.43. The zero-order chi connectivity index (χ0) is 11.5. The Morgan fingerprint density at radius 1 is 1.29 bits per heavy atom. The summed E-state index contributed by atoms with van der Waals surface area (Å²) in [4.78, 5) is 12.2. The fourth-order valence-electron chi connectivity index (χ4n) is 3.67. The first kappa shape index (κ1) is 9.66. The van der Waals surface area contributed by atoms with E-state index in [1.165, 1.54) is 6.42 Å². The van der Waals surface area contributed by atoms with Crippen LogP contribution in [0.3, 0.4) is 0 Å². The summed E-state index contributed by atoms with van der Waals surface area (Å²) < 4.78 is 6.20. The van der Waals surface area contributed by atoms with Crippen molar-refractivity contribution in [2.45, 2.75) is 43.4 Å². The average Bonchev–Trinajstić information content (AvgIpc) is 2.89. The molecule has 1 aromatic carbocycles. The van der Waals surface area contributed by atoms with Gasteiger partial charge in [-0.05, 0) is 25.0 Å². The summed E-state index contributed by atoms with van der Waals surface area (Å²) in [6, 6.07) is 8.54. The van der Waals surface area contributed by atoms with Crippen LogP contribution in [0.1, 0.15) is 36.0 Å². The van der Waals surface area contributed by atoms with Crippen molar-refractivity contribution in [2.75, 3.05) is 0 Å². The van der Waals surface area contributed by atoms with Crippen LogP contribution in [-0.2, 0) is 0 Å². The number of Topliss-reactive ketones (excluding diaryl/α,β-unsaturated/α-hetero) is 1. The number of rotatable bonds is 0. The van der Waals surface area contributed by atoms with E-state index in [0.29, 0.717) is 18.5 Å². The van der Waals surface area contributed by atoms with E-state index in [1.54, 1.807) is 0 Å². The number of ether oxygens (including phenoxy) is 1. The molecule has 4 rings (SSSR count). The molecule has 17 heavy (non-hydrogen) atoms. The van der Waals surface area contributed by atoms with Crippen LogP contribution >= 0.6 is 0 Å². The second-order valence-corrected chi connectivity index (χ2v) is 5.46. The number of nitrogens with one attached hydrogen (secondary N) is 1. The Kier molecular flexibility index (Phi) is 1.76. The van der Waals surface area contributed by atoms with Crippen molar-refractivity contribution >= 4 is 5.78 Å². The van der Waals surface area contributed by atoms with Crippen LogP contribution in [0.2, 0.25) is 0 Å². The number of carbonyl (C=O) groups excluding carboxylic acids is 1. The monoisotopic (exact) mass is 229 g/mol. The lowest BCUT2D eigenvalue weighted by atomic mass is 9.78. The Hall–Kier alpha value is -1.35. The maximum Gasteiger partial charge on any atom is 0.170 e. The zero-order valence-corrected chi connectivity index (χ0v) is 9.61. The molecule has 0 aliphatic carbocycles. The molecule has 3 aliphatic heterocycles. The molecule has 3 heteroatoms. The number of fused-ring (bicyclic) bond motifs is 4. The lowest BCUT2D eigenvalue weighted by Gasteiger charge is -2.40. The minimum absolute atomic E-state index is 0.237. The van der Waals surface area contributed by atoms with Crippen molar-refractivity contribution in [2.24, 2.45) is 0 Å². The highest BCUT2D eigenvalue weighted by Crippen LogP contribution is 2.46. The fourth-order valence-corrected chi connectivity index (χ4v) is 3.67. The van der Waals surface area contributed by atoms with E-state index in [0.717, 1.165) is 24.2 Å². The Labute approximate surface area is 100 Å². The summed E-state index contributed by atoms with van der Waals surface area (Å²) in [6.07, 6.45) is 3.89. The minimum atomic E-state index is -0.256. The summed E-state index contributed by atoms with van der Waals surface area (Å²) in [5.41, 5.74) is 0.495. The molecule has 0 radical (unpaired) electrons. The average molecular weight is 229 g/mol. The molecule has 2 fully saturated rings. The molecule has 0 amide bonds. The maximum atomic E-state index is 12.2. The second-order valence-electron chi connectivity index (χ2n) is 5.46. The third-order valence-corrected chi connectivity index (χ3v) is 4.43. The molecule has 0 aromatic heterocycles. The lowest BCUT2D eigenvalue weighted by molar-refractivity contribution is 0.0232. The molecule has 88 valence electrons. The molecule has 3 atom stereocenters. The molecule has 1 spiro atoms. The van der Waals surface area contributed by atoms with Crippen LogP contribution in [0.4, 0.5) is 0 Å². The molecule has 1 aromatic rings. The lowest BCUT2D eigenvalue weighted by Crippen LogP contribution is -2.51. The summed E-state index contributed by atoms with van der Waals surface area (Å²) in [5, 5.41) is 3.56. The van der Waals surface area contributed by atoms with E-state index in [1.807, 2.05) is 24.3 Å². The third kappa shape index (κ3) is 1.23. The van der Waals surface area contributed by atoms with Gasteiger partial charge in [-0.1, -0.05) is 12.1 Å². The minimum Gasteiger partial charge on any atom is -0.484 e. The van der Waals surface area contributed by atoms with Gasteiger partial charge in [0.05, 0.1) is 12.0 Å². The topological polar surface area (TPSA) is 38.3 Å². The summed E-state index contributed by atoms with van der Waals surface area (Å²) in [6.45, 7) is 0. The van der Waals surface area contributed by atoms with Gasteiger partial charge in [-0.2, -0.15) is 0 Å². The number of carbonyl (C=O) groups is 1. The van der Waals surface area contributed by atoms with Gasteiger partial charge in [0.15, 0.2) is 5.78 Å². The Balaban J connectivity index is 1.77. The van der Waals surface area contributed by atoms with Crippen molar-refractivity contribution in [3.05, 3.63) is 29.8 Å². The largest absolute Gasteiger partial charge is 0.484 e. The summed E-state index contributed by atoms with van der Waals surface area (Å²) in [7, 11) is 0. The molecule has 2 saturated heterocycles. The van der Waals surface area contributed by atoms with E-state index in [9.17, 15) is 4.79 Å². The molecule has 0 unspecified atom stereocenters. The molecule has 3 nitrogen and oxygen atoms in total. The van der Waals surface area contributed by atoms with Crippen LogP contribution < -0.4 is 10.1 Å². The molecular formula is C14H15NO2. The predicted octanol–water partition coefficient (Wildman–Crippen LogP) is 1.91. The quantitative estimate of drug-likeness (QED) is 0.738. The molecular weight excluding hydrogens is 214 g/mol. The van der Waals surface area contributed by atoms with E-state index in [-0.39, 0.29) is 11.4 Å². The van der Waals surface area contributed by atoms with Gasteiger partial charge in [-0.3, -0.25) is 4.79 Å². The van der Waals surface area contributed by atoms with Gasteiger partial charge in [0.1, 0.15) is 11.4 Å². The van der Waals surface area contributed by atoms with Gasteiger partial charge in [-0.15, -0.1) is 0 Å². The van der Waals surface area contributed by atoms with Crippen LogP contribution in [0.5, 0.6) is 5.75 Å². The second kappa shape index (κ2) is 3.10. The standard InChI is InChI=1S/C14H15NO2/c16-11-8-14(7-9-5-6-13(14)15-9)17-12-4-2-1-3-10(11)12/h1-4,9,13,15H,5-8H2/t9-,13-,14-/m1/s1.